The molecular weight excluding hydrogens is 336 g/mol. The van der Waals surface area contributed by atoms with Crippen molar-refractivity contribution in [3.05, 3.63) is 71.8 Å². The Hall–Kier alpha value is -2.95. The number of methoxy groups -OCH3 is 1. The van der Waals surface area contributed by atoms with Crippen molar-refractivity contribution in [3.8, 4) is 5.75 Å². The minimum atomic E-state index is 0.751. The summed E-state index contributed by atoms with van der Waals surface area (Å²) in [6.45, 7) is 3.58. The van der Waals surface area contributed by atoms with Crippen molar-refractivity contribution in [3.63, 3.8) is 0 Å². The number of hydrogen-bond acceptors (Lipinski definition) is 3. The topological polar surface area (TPSA) is 48.9 Å². The molecule has 142 valence electrons. The molecule has 5 nitrogen and oxygen atoms in total. The number of ether oxygens (including phenoxy) is 1. The van der Waals surface area contributed by atoms with E-state index in [2.05, 4.69) is 69.1 Å². The first-order chi connectivity index (χ1) is 13.3. The Balaban J connectivity index is 1.41. The van der Waals surface area contributed by atoms with Crippen molar-refractivity contribution in [1.29, 1.82) is 0 Å². The highest BCUT2D eigenvalue weighted by Crippen LogP contribution is 2.17. The summed E-state index contributed by atoms with van der Waals surface area (Å²) in [5.74, 6) is 1.70. The number of hydrogen-bond donors (Lipinski definition) is 2. The Kier molecular flexibility index (Phi) is 6.74. The van der Waals surface area contributed by atoms with Gasteiger partial charge in [0.1, 0.15) is 5.75 Å². The summed E-state index contributed by atoms with van der Waals surface area (Å²) in [6, 6.07) is 16.9. The van der Waals surface area contributed by atoms with Gasteiger partial charge in [0.2, 0.25) is 0 Å². The maximum absolute atomic E-state index is 5.19. The molecule has 27 heavy (non-hydrogen) atoms. The summed E-state index contributed by atoms with van der Waals surface area (Å²) in [7, 11) is 3.48. The summed E-state index contributed by atoms with van der Waals surface area (Å²) in [4.78, 5) is 6.64. The monoisotopic (exact) mass is 364 g/mol. The molecule has 2 aromatic carbocycles. The lowest BCUT2D eigenvalue weighted by molar-refractivity contribution is 0.414. The highest BCUT2D eigenvalue weighted by atomic mass is 16.5. The molecule has 0 aliphatic carbocycles. The second-order valence-electron chi connectivity index (χ2n) is 6.49. The molecule has 0 amide bonds. The number of guanidine groups is 1. The molecule has 2 aromatic rings. The van der Waals surface area contributed by atoms with Crippen molar-refractivity contribution in [1.82, 2.24) is 10.6 Å². The third-order valence-corrected chi connectivity index (χ3v) is 4.67. The van der Waals surface area contributed by atoms with Crippen LogP contribution in [-0.2, 0) is 13.0 Å². The Bertz CT molecular complexity index is 758. The zero-order valence-corrected chi connectivity index (χ0v) is 16.1. The van der Waals surface area contributed by atoms with Gasteiger partial charge in [0.15, 0.2) is 5.96 Å². The quantitative estimate of drug-likeness (QED) is 0.451. The van der Waals surface area contributed by atoms with Gasteiger partial charge in [0, 0.05) is 38.9 Å². The van der Waals surface area contributed by atoms with Gasteiger partial charge >= 0.3 is 0 Å². The molecule has 1 aliphatic rings. The standard InChI is InChI=1S/C22H28N4O/c1-23-22(24-14-13-18-7-11-21(27-2)12-8-18)25-17-19-5-9-20(10-6-19)26-15-3-4-16-26/h3-12H,13-17H2,1-2H3,(H2,23,24,25). The summed E-state index contributed by atoms with van der Waals surface area (Å²) in [5.41, 5.74) is 3.78. The average molecular weight is 364 g/mol. The van der Waals surface area contributed by atoms with Crippen LogP contribution in [0.4, 0.5) is 5.69 Å². The van der Waals surface area contributed by atoms with E-state index in [0.29, 0.717) is 0 Å². The van der Waals surface area contributed by atoms with Crippen LogP contribution in [0.15, 0.2) is 65.7 Å². The van der Waals surface area contributed by atoms with E-state index in [9.17, 15) is 0 Å². The zero-order chi connectivity index (χ0) is 18.9. The molecule has 2 N–H and O–H groups in total. The predicted molar refractivity (Wildman–Crippen MR) is 113 cm³/mol. The van der Waals surface area contributed by atoms with Crippen LogP contribution in [-0.4, -0.2) is 39.8 Å². The number of nitrogens with zero attached hydrogens (tertiary/aromatic N) is 2. The Morgan fingerprint density at radius 2 is 1.63 bits per heavy atom. The third-order valence-electron chi connectivity index (χ3n) is 4.67. The van der Waals surface area contributed by atoms with E-state index < -0.39 is 0 Å². The molecule has 3 rings (SSSR count). The number of nitrogens with one attached hydrogen (secondary N) is 2. The molecule has 0 spiro atoms. The summed E-state index contributed by atoms with van der Waals surface area (Å²) in [6.07, 6.45) is 5.34. The number of aliphatic imine (C=N–C) groups is 1. The fraction of sp³-hybridized carbons (Fsp3) is 0.318. The van der Waals surface area contributed by atoms with Crippen LogP contribution < -0.4 is 20.3 Å². The van der Waals surface area contributed by atoms with Crippen LogP contribution in [0.25, 0.3) is 0 Å². The van der Waals surface area contributed by atoms with E-state index in [4.69, 9.17) is 4.74 Å². The molecule has 1 heterocycles. The largest absolute Gasteiger partial charge is 0.497 e. The molecule has 0 saturated heterocycles. The van der Waals surface area contributed by atoms with Gasteiger partial charge in [-0.25, -0.2) is 0 Å². The maximum atomic E-state index is 5.19. The van der Waals surface area contributed by atoms with Crippen LogP contribution in [0, 0.1) is 0 Å². The van der Waals surface area contributed by atoms with E-state index in [1.54, 1.807) is 14.2 Å². The Morgan fingerprint density at radius 1 is 0.963 bits per heavy atom. The summed E-state index contributed by atoms with van der Waals surface area (Å²) >= 11 is 0. The normalized spacial score (nSPS) is 13.7. The Labute approximate surface area is 161 Å². The molecule has 0 aromatic heterocycles. The van der Waals surface area contributed by atoms with Crippen molar-refractivity contribution < 1.29 is 4.74 Å². The van der Waals surface area contributed by atoms with Crippen LogP contribution in [0.3, 0.4) is 0 Å². The predicted octanol–water partition coefficient (Wildman–Crippen LogP) is 2.98. The number of benzene rings is 2. The van der Waals surface area contributed by atoms with Gasteiger partial charge in [-0.3, -0.25) is 4.99 Å². The molecule has 5 heteroatoms. The lowest BCUT2D eigenvalue weighted by Crippen LogP contribution is -2.37. The molecule has 0 radical (unpaired) electrons. The van der Waals surface area contributed by atoms with E-state index in [-0.39, 0.29) is 0 Å². The van der Waals surface area contributed by atoms with Gasteiger partial charge in [-0.1, -0.05) is 36.4 Å². The van der Waals surface area contributed by atoms with Gasteiger partial charge < -0.3 is 20.3 Å². The average Bonchev–Trinajstić information content (AvgIpc) is 3.26. The van der Waals surface area contributed by atoms with E-state index in [0.717, 1.165) is 44.3 Å². The lowest BCUT2D eigenvalue weighted by Gasteiger charge is -2.18. The van der Waals surface area contributed by atoms with Crippen LogP contribution in [0.1, 0.15) is 11.1 Å². The SMILES string of the molecule is CN=C(NCCc1ccc(OC)cc1)NCc1ccc(N2CC=CC2)cc1. The van der Waals surface area contributed by atoms with Crippen molar-refractivity contribution >= 4 is 11.6 Å². The van der Waals surface area contributed by atoms with Crippen molar-refractivity contribution in [2.75, 3.05) is 38.7 Å². The first-order valence-corrected chi connectivity index (χ1v) is 9.35. The third kappa shape index (κ3) is 5.51. The first kappa shape index (κ1) is 18.8. The molecule has 0 saturated carbocycles. The highest BCUT2D eigenvalue weighted by molar-refractivity contribution is 5.79. The maximum Gasteiger partial charge on any atom is 0.191 e. The number of rotatable bonds is 7. The summed E-state index contributed by atoms with van der Waals surface area (Å²) < 4.78 is 5.19. The first-order valence-electron chi connectivity index (χ1n) is 9.35. The second-order valence-corrected chi connectivity index (χ2v) is 6.49. The second kappa shape index (κ2) is 9.67. The highest BCUT2D eigenvalue weighted by Gasteiger charge is 2.07. The van der Waals surface area contributed by atoms with Crippen molar-refractivity contribution in [2.45, 2.75) is 13.0 Å². The molecule has 0 unspecified atom stereocenters. The molecular formula is C22H28N4O. The van der Waals surface area contributed by atoms with E-state index in [1.165, 1.54) is 16.8 Å². The smallest absolute Gasteiger partial charge is 0.191 e. The minimum absolute atomic E-state index is 0.751. The molecule has 1 aliphatic heterocycles. The van der Waals surface area contributed by atoms with Gasteiger partial charge in [0.25, 0.3) is 0 Å². The zero-order valence-electron chi connectivity index (χ0n) is 16.1. The van der Waals surface area contributed by atoms with Gasteiger partial charge in [0.05, 0.1) is 7.11 Å². The Morgan fingerprint density at radius 3 is 2.26 bits per heavy atom. The lowest BCUT2D eigenvalue weighted by atomic mass is 10.1. The van der Waals surface area contributed by atoms with Gasteiger partial charge in [-0.15, -0.1) is 0 Å². The molecule has 0 bridgehead atoms. The van der Waals surface area contributed by atoms with E-state index in [1.807, 2.05) is 12.1 Å². The van der Waals surface area contributed by atoms with Crippen molar-refractivity contribution in [2.24, 2.45) is 4.99 Å². The van der Waals surface area contributed by atoms with Gasteiger partial charge in [-0.05, 0) is 41.8 Å². The molecule has 0 atom stereocenters. The number of anilines is 1. The fourth-order valence-corrected chi connectivity index (χ4v) is 3.04. The van der Waals surface area contributed by atoms with Crippen LogP contribution in [0.2, 0.25) is 0 Å². The minimum Gasteiger partial charge on any atom is -0.497 e. The fourth-order valence-electron chi connectivity index (χ4n) is 3.04. The van der Waals surface area contributed by atoms with Crippen LogP contribution in [0.5, 0.6) is 5.75 Å². The van der Waals surface area contributed by atoms with Crippen LogP contribution >= 0.6 is 0 Å². The summed E-state index contributed by atoms with van der Waals surface area (Å²) in [5, 5.41) is 6.74. The van der Waals surface area contributed by atoms with E-state index >= 15 is 0 Å². The molecule has 0 fully saturated rings. The van der Waals surface area contributed by atoms with Gasteiger partial charge in [-0.2, -0.15) is 0 Å².